The van der Waals surface area contributed by atoms with Crippen molar-refractivity contribution in [1.29, 1.82) is 0 Å². The van der Waals surface area contributed by atoms with E-state index >= 15 is 0 Å². The van der Waals surface area contributed by atoms with E-state index in [-0.39, 0.29) is 5.54 Å². The fraction of sp³-hybridized carbons (Fsp3) is 0.529. The predicted octanol–water partition coefficient (Wildman–Crippen LogP) is 2.41. The molecule has 2 bridgehead atoms. The highest BCUT2D eigenvalue weighted by Crippen LogP contribution is 2.49. The largest absolute Gasteiger partial charge is 0.322 e. The Labute approximate surface area is 115 Å². The van der Waals surface area contributed by atoms with Gasteiger partial charge in [0.25, 0.3) is 0 Å². The molecule has 19 heavy (non-hydrogen) atoms. The smallest absolute Gasteiger partial charge is 0.0383 e. The van der Waals surface area contributed by atoms with E-state index in [9.17, 15) is 0 Å². The van der Waals surface area contributed by atoms with Crippen molar-refractivity contribution >= 4 is 0 Å². The van der Waals surface area contributed by atoms with Crippen molar-refractivity contribution in [2.75, 3.05) is 13.1 Å². The molecule has 100 valence electrons. The first-order valence-electron chi connectivity index (χ1n) is 7.49. The third-order valence-electron chi connectivity index (χ3n) is 5.49. The molecule has 0 aromatic heterocycles. The summed E-state index contributed by atoms with van der Waals surface area (Å²) in [5, 5.41) is 0. The molecule has 2 N–H and O–H groups in total. The molecule has 0 spiro atoms. The maximum absolute atomic E-state index is 6.62. The predicted molar refractivity (Wildman–Crippen MR) is 77.5 cm³/mol. The van der Waals surface area contributed by atoms with E-state index in [1.807, 2.05) is 0 Å². The van der Waals surface area contributed by atoms with Crippen LogP contribution in [0.4, 0.5) is 0 Å². The van der Waals surface area contributed by atoms with E-state index in [1.165, 1.54) is 31.5 Å². The summed E-state index contributed by atoms with van der Waals surface area (Å²) in [5.41, 5.74) is 8.04. The van der Waals surface area contributed by atoms with Crippen molar-refractivity contribution in [3.8, 4) is 0 Å². The molecule has 1 heterocycles. The van der Waals surface area contributed by atoms with Gasteiger partial charge in [-0.1, -0.05) is 42.5 Å². The van der Waals surface area contributed by atoms with Gasteiger partial charge in [-0.3, -0.25) is 4.90 Å². The molecule has 3 aliphatic carbocycles. The molecule has 1 saturated heterocycles. The third-order valence-corrected chi connectivity index (χ3v) is 5.49. The highest BCUT2D eigenvalue weighted by molar-refractivity contribution is 5.24. The van der Waals surface area contributed by atoms with Gasteiger partial charge in [0, 0.05) is 25.2 Å². The molecule has 1 aromatic rings. The van der Waals surface area contributed by atoms with Crippen LogP contribution in [0.1, 0.15) is 18.4 Å². The van der Waals surface area contributed by atoms with E-state index in [1.54, 1.807) is 0 Å². The lowest BCUT2D eigenvalue weighted by Crippen LogP contribution is -2.55. The van der Waals surface area contributed by atoms with Gasteiger partial charge in [0.1, 0.15) is 0 Å². The van der Waals surface area contributed by atoms with Crippen LogP contribution in [0, 0.1) is 17.8 Å². The summed E-state index contributed by atoms with van der Waals surface area (Å²) in [4.78, 5) is 2.61. The minimum Gasteiger partial charge on any atom is -0.322 e. The van der Waals surface area contributed by atoms with Crippen LogP contribution in [0.3, 0.4) is 0 Å². The second-order valence-electron chi connectivity index (χ2n) is 6.62. The normalized spacial score (nSPS) is 40.6. The molecule has 1 aromatic carbocycles. The number of hydrogen-bond acceptors (Lipinski definition) is 2. The fourth-order valence-electron chi connectivity index (χ4n) is 4.45. The Morgan fingerprint density at radius 3 is 2.74 bits per heavy atom. The SMILES string of the molecule is NC12C=CC(CC1)C1CN(Cc3ccccc3)CC12. The summed E-state index contributed by atoms with van der Waals surface area (Å²) in [6.07, 6.45) is 7.20. The Hall–Kier alpha value is -1.12. The number of benzene rings is 1. The zero-order valence-corrected chi connectivity index (χ0v) is 11.3. The van der Waals surface area contributed by atoms with Gasteiger partial charge in [0.2, 0.25) is 0 Å². The van der Waals surface area contributed by atoms with Gasteiger partial charge in [0.05, 0.1) is 0 Å². The number of fused-ring (bicyclic) bond motifs is 1. The standard InChI is InChI=1S/C17H22N2/c18-17-8-6-14(7-9-17)15-11-19(12-16(15)17)10-13-4-2-1-3-5-13/h1-6,8,14-16H,7,9-12,18H2. The first-order valence-corrected chi connectivity index (χ1v) is 7.49. The molecule has 2 fully saturated rings. The van der Waals surface area contributed by atoms with Crippen LogP contribution in [0.2, 0.25) is 0 Å². The van der Waals surface area contributed by atoms with Crippen molar-refractivity contribution in [1.82, 2.24) is 4.90 Å². The number of nitrogens with zero attached hydrogens (tertiary/aromatic N) is 1. The van der Waals surface area contributed by atoms with Gasteiger partial charge >= 0.3 is 0 Å². The van der Waals surface area contributed by atoms with Crippen LogP contribution in [0.15, 0.2) is 42.5 Å². The van der Waals surface area contributed by atoms with Crippen molar-refractivity contribution in [3.05, 3.63) is 48.0 Å². The molecular weight excluding hydrogens is 232 g/mol. The lowest BCUT2D eigenvalue weighted by Gasteiger charge is -2.48. The van der Waals surface area contributed by atoms with Gasteiger partial charge in [-0.15, -0.1) is 0 Å². The second kappa shape index (κ2) is 4.19. The molecule has 1 aliphatic heterocycles. The molecule has 2 nitrogen and oxygen atoms in total. The Morgan fingerprint density at radius 1 is 1.21 bits per heavy atom. The lowest BCUT2D eigenvalue weighted by atomic mass is 9.60. The Morgan fingerprint density at radius 2 is 2.05 bits per heavy atom. The quantitative estimate of drug-likeness (QED) is 0.821. The first-order chi connectivity index (χ1) is 9.24. The number of hydrogen-bond donors (Lipinski definition) is 1. The molecule has 0 radical (unpaired) electrons. The average Bonchev–Trinajstić information content (AvgIpc) is 2.86. The highest BCUT2D eigenvalue weighted by atomic mass is 15.2. The summed E-state index contributed by atoms with van der Waals surface area (Å²) in [6.45, 7) is 3.49. The van der Waals surface area contributed by atoms with Crippen molar-refractivity contribution in [2.45, 2.75) is 24.9 Å². The summed E-state index contributed by atoms with van der Waals surface area (Å²) >= 11 is 0. The summed E-state index contributed by atoms with van der Waals surface area (Å²) in [6, 6.07) is 10.8. The topological polar surface area (TPSA) is 29.3 Å². The fourth-order valence-corrected chi connectivity index (χ4v) is 4.45. The third kappa shape index (κ3) is 1.86. The van der Waals surface area contributed by atoms with Gasteiger partial charge in [-0.25, -0.2) is 0 Å². The maximum Gasteiger partial charge on any atom is 0.0383 e. The summed E-state index contributed by atoms with van der Waals surface area (Å²) in [7, 11) is 0. The second-order valence-corrected chi connectivity index (χ2v) is 6.62. The monoisotopic (exact) mass is 254 g/mol. The zero-order valence-electron chi connectivity index (χ0n) is 11.3. The molecule has 4 unspecified atom stereocenters. The molecular formula is C17H22N2. The number of nitrogens with two attached hydrogens (primary N) is 1. The van der Waals surface area contributed by atoms with Crippen LogP contribution < -0.4 is 5.73 Å². The van der Waals surface area contributed by atoms with Crippen LogP contribution in [0.5, 0.6) is 0 Å². The van der Waals surface area contributed by atoms with Crippen molar-refractivity contribution < 1.29 is 0 Å². The molecule has 1 saturated carbocycles. The van der Waals surface area contributed by atoms with Gasteiger partial charge in [0.15, 0.2) is 0 Å². The highest BCUT2D eigenvalue weighted by Gasteiger charge is 2.52. The molecule has 5 rings (SSSR count). The average molecular weight is 254 g/mol. The van der Waals surface area contributed by atoms with Crippen molar-refractivity contribution in [2.24, 2.45) is 23.5 Å². The van der Waals surface area contributed by atoms with Crippen molar-refractivity contribution in [3.63, 3.8) is 0 Å². The maximum atomic E-state index is 6.62. The first kappa shape index (κ1) is 11.7. The van der Waals surface area contributed by atoms with E-state index in [0.717, 1.165) is 18.4 Å². The lowest BCUT2D eigenvalue weighted by molar-refractivity contribution is 0.139. The van der Waals surface area contributed by atoms with Crippen LogP contribution in [0.25, 0.3) is 0 Å². The van der Waals surface area contributed by atoms with E-state index in [2.05, 4.69) is 47.4 Å². The van der Waals surface area contributed by atoms with Gasteiger partial charge in [-0.05, 0) is 36.2 Å². The number of allylic oxidation sites excluding steroid dienone is 1. The Balaban J connectivity index is 1.52. The number of likely N-dealkylation sites (tertiary alicyclic amines) is 1. The summed E-state index contributed by atoms with van der Waals surface area (Å²) < 4.78 is 0. The van der Waals surface area contributed by atoms with E-state index < -0.39 is 0 Å². The van der Waals surface area contributed by atoms with Gasteiger partial charge in [-0.2, -0.15) is 0 Å². The molecule has 0 amide bonds. The molecule has 2 heteroatoms. The minimum absolute atomic E-state index is 0.00907. The zero-order chi connectivity index (χ0) is 12.9. The van der Waals surface area contributed by atoms with Crippen LogP contribution in [-0.4, -0.2) is 23.5 Å². The Bertz CT molecular complexity index is 495. The van der Waals surface area contributed by atoms with E-state index in [0.29, 0.717) is 5.92 Å². The van der Waals surface area contributed by atoms with E-state index in [4.69, 9.17) is 5.73 Å². The summed E-state index contributed by atoms with van der Waals surface area (Å²) in [5.74, 6) is 2.27. The number of rotatable bonds is 2. The van der Waals surface area contributed by atoms with Crippen LogP contribution in [-0.2, 0) is 6.54 Å². The Kier molecular flexibility index (Phi) is 2.58. The molecule has 4 aliphatic rings. The molecule has 4 atom stereocenters. The van der Waals surface area contributed by atoms with Gasteiger partial charge < -0.3 is 5.73 Å². The minimum atomic E-state index is -0.00907. The van der Waals surface area contributed by atoms with Crippen LogP contribution >= 0.6 is 0 Å².